The maximum absolute atomic E-state index is 12.8. The van der Waals surface area contributed by atoms with Gasteiger partial charge in [0.2, 0.25) is 5.91 Å². The summed E-state index contributed by atoms with van der Waals surface area (Å²) < 4.78 is 0. The summed E-state index contributed by atoms with van der Waals surface area (Å²) in [6.07, 6.45) is 0. The zero-order valence-corrected chi connectivity index (χ0v) is 14.4. The highest BCUT2D eigenvalue weighted by Gasteiger charge is 2.66. The molecule has 0 bridgehead atoms. The van der Waals surface area contributed by atoms with E-state index in [0.29, 0.717) is 13.1 Å². The van der Waals surface area contributed by atoms with Gasteiger partial charge >= 0.3 is 5.97 Å². The van der Waals surface area contributed by atoms with Crippen molar-refractivity contribution in [3.05, 3.63) is 22.4 Å². The van der Waals surface area contributed by atoms with Crippen molar-refractivity contribution in [2.45, 2.75) is 20.4 Å². The van der Waals surface area contributed by atoms with Crippen LogP contribution in [0, 0.1) is 17.3 Å². The smallest absolute Gasteiger partial charge is 0.307 e. The van der Waals surface area contributed by atoms with E-state index in [1.54, 1.807) is 16.2 Å². The van der Waals surface area contributed by atoms with Gasteiger partial charge in [-0.1, -0.05) is 19.9 Å². The third kappa shape index (κ3) is 3.50. The number of rotatable bonds is 7. The Morgan fingerprint density at radius 1 is 1.27 bits per heavy atom. The minimum Gasteiger partial charge on any atom is -0.481 e. The lowest BCUT2D eigenvalue weighted by molar-refractivity contribution is -0.142. The Balaban J connectivity index is 2.10. The quantitative estimate of drug-likeness (QED) is 0.833. The molecule has 6 heteroatoms. The molecule has 1 saturated carbocycles. The first kappa shape index (κ1) is 17.0. The van der Waals surface area contributed by atoms with Gasteiger partial charge in [-0.15, -0.1) is 11.3 Å². The third-order valence-corrected chi connectivity index (χ3v) is 5.28. The molecule has 2 rings (SSSR count). The number of carbonyl (C=O) groups is 2. The molecule has 5 nitrogen and oxygen atoms in total. The number of carboxylic acids is 1. The van der Waals surface area contributed by atoms with Gasteiger partial charge in [0.05, 0.1) is 18.4 Å². The van der Waals surface area contributed by atoms with Gasteiger partial charge < -0.3 is 14.9 Å². The number of hydrogen-bond donors (Lipinski definition) is 1. The first-order valence-corrected chi connectivity index (χ1v) is 8.31. The van der Waals surface area contributed by atoms with Crippen LogP contribution in [0.3, 0.4) is 0 Å². The van der Waals surface area contributed by atoms with Crippen LogP contribution in [0.1, 0.15) is 18.7 Å². The van der Waals surface area contributed by atoms with Crippen LogP contribution in [0.25, 0.3) is 0 Å². The molecule has 22 heavy (non-hydrogen) atoms. The summed E-state index contributed by atoms with van der Waals surface area (Å²) in [5, 5.41) is 11.3. The van der Waals surface area contributed by atoms with Crippen molar-refractivity contribution >= 4 is 23.2 Å². The minimum absolute atomic E-state index is 0.0346. The Morgan fingerprint density at radius 2 is 1.95 bits per heavy atom. The fourth-order valence-corrected chi connectivity index (χ4v) is 3.65. The largest absolute Gasteiger partial charge is 0.481 e. The molecule has 0 aliphatic heterocycles. The number of carboxylic acid groups (broad SMARTS) is 1. The number of thiophene rings is 1. The predicted octanol–water partition coefficient (Wildman–Crippen LogP) is 2.00. The SMILES string of the molecule is CN(C)CCN(Cc1cccs1)C(=O)[C@@H]1[C@H](C(=O)O)C1(C)C. The fourth-order valence-electron chi connectivity index (χ4n) is 2.93. The molecule has 1 fully saturated rings. The zero-order chi connectivity index (χ0) is 16.5. The fraction of sp³-hybridized carbons (Fsp3) is 0.625. The minimum atomic E-state index is -0.868. The van der Waals surface area contributed by atoms with Crippen molar-refractivity contribution in [3.63, 3.8) is 0 Å². The summed E-state index contributed by atoms with van der Waals surface area (Å²) in [4.78, 5) is 29.1. The molecule has 2 atom stereocenters. The van der Waals surface area contributed by atoms with Crippen molar-refractivity contribution in [1.29, 1.82) is 0 Å². The average Bonchev–Trinajstić information content (AvgIpc) is 2.76. The van der Waals surface area contributed by atoms with Crippen LogP contribution in [0.5, 0.6) is 0 Å². The summed E-state index contributed by atoms with van der Waals surface area (Å²) in [5.41, 5.74) is -0.450. The predicted molar refractivity (Wildman–Crippen MR) is 86.7 cm³/mol. The van der Waals surface area contributed by atoms with Gasteiger partial charge in [0.1, 0.15) is 0 Å². The lowest BCUT2D eigenvalue weighted by atomic mass is 10.1. The summed E-state index contributed by atoms with van der Waals surface area (Å²) >= 11 is 1.62. The molecule has 1 amide bonds. The Hall–Kier alpha value is -1.40. The third-order valence-electron chi connectivity index (χ3n) is 4.42. The Kier molecular flexibility index (Phi) is 4.92. The van der Waals surface area contributed by atoms with Crippen LogP contribution in [0.4, 0.5) is 0 Å². The lowest BCUT2D eigenvalue weighted by Gasteiger charge is -2.24. The topological polar surface area (TPSA) is 60.9 Å². The van der Waals surface area contributed by atoms with Crippen LogP contribution in [-0.2, 0) is 16.1 Å². The summed E-state index contributed by atoms with van der Waals surface area (Å²) in [6.45, 7) is 5.67. The molecular weight excluding hydrogens is 300 g/mol. The Morgan fingerprint density at radius 3 is 2.41 bits per heavy atom. The number of aliphatic carboxylic acids is 1. The molecule has 1 aliphatic carbocycles. The standard InChI is InChI=1S/C16H24N2O3S/c1-16(2)12(13(16)15(20)21)14(19)18(8-7-17(3)4)10-11-6-5-9-22-11/h5-6,9,12-13H,7-8,10H2,1-4H3,(H,20,21)/t12-,13+/m0/s1. The van der Waals surface area contributed by atoms with E-state index in [1.165, 1.54) is 0 Å². The van der Waals surface area contributed by atoms with E-state index < -0.39 is 23.2 Å². The monoisotopic (exact) mass is 324 g/mol. The van der Waals surface area contributed by atoms with Gasteiger partial charge in [0.25, 0.3) is 0 Å². The van der Waals surface area contributed by atoms with Crippen molar-refractivity contribution < 1.29 is 14.7 Å². The van der Waals surface area contributed by atoms with E-state index in [0.717, 1.165) is 11.4 Å². The van der Waals surface area contributed by atoms with E-state index in [9.17, 15) is 14.7 Å². The van der Waals surface area contributed by atoms with E-state index in [4.69, 9.17) is 0 Å². The molecule has 1 aromatic rings. The number of amides is 1. The van der Waals surface area contributed by atoms with Gasteiger partial charge in [-0.25, -0.2) is 0 Å². The highest BCUT2D eigenvalue weighted by atomic mass is 32.1. The van der Waals surface area contributed by atoms with Gasteiger partial charge in [0.15, 0.2) is 0 Å². The van der Waals surface area contributed by atoms with Crippen LogP contribution in [0.2, 0.25) is 0 Å². The van der Waals surface area contributed by atoms with Crippen molar-refractivity contribution in [2.75, 3.05) is 27.2 Å². The molecule has 1 aliphatic rings. The second kappa shape index (κ2) is 6.38. The molecular formula is C16H24N2O3S. The molecule has 0 saturated heterocycles. The highest BCUT2D eigenvalue weighted by Crippen LogP contribution is 2.59. The molecule has 1 heterocycles. The summed E-state index contributed by atoms with van der Waals surface area (Å²) in [5.74, 6) is -1.88. The number of hydrogen-bond acceptors (Lipinski definition) is 4. The molecule has 0 spiro atoms. The van der Waals surface area contributed by atoms with E-state index in [-0.39, 0.29) is 5.91 Å². The van der Waals surface area contributed by atoms with Gasteiger partial charge in [-0.2, -0.15) is 0 Å². The van der Waals surface area contributed by atoms with Crippen LogP contribution < -0.4 is 0 Å². The molecule has 0 unspecified atom stereocenters. The van der Waals surface area contributed by atoms with Crippen molar-refractivity contribution in [2.24, 2.45) is 17.3 Å². The Labute approximate surface area is 135 Å². The molecule has 0 aromatic carbocycles. The molecule has 1 aromatic heterocycles. The number of nitrogens with zero attached hydrogens (tertiary/aromatic N) is 2. The van der Waals surface area contributed by atoms with Crippen LogP contribution >= 0.6 is 11.3 Å². The van der Waals surface area contributed by atoms with Crippen LogP contribution in [-0.4, -0.2) is 54.0 Å². The second-order valence-corrected chi connectivity index (χ2v) is 7.79. The van der Waals surface area contributed by atoms with E-state index in [1.807, 2.05) is 50.4 Å². The molecule has 1 N–H and O–H groups in total. The molecule has 122 valence electrons. The first-order chi connectivity index (χ1) is 10.2. The van der Waals surface area contributed by atoms with Crippen molar-refractivity contribution in [3.8, 4) is 0 Å². The zero-order valence-electron chi connectivity index (χ0n) is 13.6. The average molecular weight is 324 g/mol. The first-order valence-electron chi connectivity index (χ1n) is 7.44. The summed E-state index contributed by atoms with van der Waals surface area (Å²) in [7, 11) is 3.93. The van der Waals surface area contributed by atoms with Gasteiger partial charge in [-0.3, -0.25) is 9.59 Å². The molecule has 0 radical (unpaired) electrons. The highest BCUT2D eigenvalue weighted by molar-refractivity contribution is 7.09. The van der Waals surface area contributed by atoms with Crippen molar-refractivity contribution in [1.82, 2.24) is 9.80 Å². The van der Waals surface area contributed by atoms with Crippen LogP contribution in [0.15, 0.2) is 17.5 Å². The van der Waals surface area contributed by atoms with Gasteiger partial charge in [-0.05, 0) is 31.0 Å². The maximum Gasteiger partial charge on any atom is 0.307 e. The summed E-state index contributed by atoms with van der Waals surface area (Å²) in [6, 6.07) is 3.98. The van der Waals surface area contributed by atoms with Gasteiger partial charge in [0, 0.05) is 18.0 Å². The van der Waals surface area contributed by atoms with E-state index in [2.05, 4.69) is 0 Å². The normalized spacial score (nSPS) is 22.6. The van der Waals surface area contributed by atoms with E-state index >= 15 is 0 Å². The number of carbonyl (C=O) groups excluding carboxylic acids is 1. The second-order valence-electron chi connectivity index (χ2n) is 6.76. The lowest BCUT2D eigenvalue weighted by Crippen LogP contribution is -2.38. The number of likely N-dealkylation sites (N-methyl/N-ethyl adjacent to an activating group) is 1. The maximum atomic E-state index is 12.8. The Bertz CT molecular complexity index is 540.